The zero-order valence-electron chi connectivity index (χ0n) is 11.2. The highest BCUT2D eigenvalue weighted by molar-refractivity contribution is 7.99. The number of rotatable bonds is 6. The summed E-state index contributed by atoms with van der Waals surface area (Å²) in [5.74, 6) is 1.15. The molecule has 2 rings (SSSR count). The molecule has 0 saturated carbocycles. The largest absolute Gasteiger partial charge is 0.315 e. The van der Waals surface area contributed by atoms with Crippen molar-refractivity contribution in [2.24, 2.45) is 0 Å². The standard InChI is InChI=1S/C15H24N2S/c1-2-18-15-7-5-13(6-8-15)9-11-17-14-4-3-10-16-12-14/h5-8,14,16-17H,2-4,9-12H2,1H3. The van der Waals surface area contributed by atoms with E-state index in [0.29, 0.717) is 6.04 Å². The van der Waals surface area contributed by atoms with Crippen LogP contribution in [0.1, 0.15) is 25.3 Å². The van der Waals surface area contributed by atoms with Gasteiger partial charge in [0.05, 0.1) is 0 Å². The van der Waals surface area contributed by atoms with Gasteiger partial charge in [0.1, 0.15) is 0 Å². The van der Waals surface area contributed by atoms with E-state index in [-0.39, 0.29) is 0 Å². The summed E-state index contributed by atoms with van der Waals surface area (Å²) >= 11 is 1.91. The van der Waals surface area contributed by atoms with Crippen LogP contribution in [0.2, 0.25) is 0 Å². The number of piperidine rings is 1. The second kappa shape index (κ2) is 7.82. The van der Waals surface area contributed by atoms with Crippen LogP contribution < -0.4 is 10.6 Å². The fraction of sp³-hybridized carbons (Fsp3) is 0.600. The van der Waals surface area contributed by atoms with Crippen LogP contribution >= 0.6 is 11.8 Å². The van der Waals surface area contributed by atoms with Crippen LogP contribution in [0.4, 0.5) is 0 Å². The van der Waals surface area contributed by atoms with E-state index in [0.717, 1.165) is 25.3 Å². The van der Waals surface area contributed by atoms with Gasteiger partial charge in [-0.15, -0.1) is 11.8 Å². The van der Waals surface area contributed by atoms with Gasteiger partial charge in [-0.3, -0.25) is 0 Å². The molecule has 1 aliphatic heterocycles. The molecular weight excluding hydrogens is 240 g/mol. The number of thioether (sulfide) groups is 1. The Morgan fingerprint density at radius 3 is 2.83 bits per heavy atom. The lowest BCUT2D eigenvalue weighted by molar-refractivity contribution is 0.392. The van der Waals surface area contributed by atoms with Gasteiger partial charge in [0, 0.05) is 17.5 Å². The molecule has 18 heavy (non-hydrogen) atoms. The Hall–Kier alpha value is -0.510. The fourth-order valence-electron chi connectivity index (χ4n) is 2.37. The van der Waals surface area contributed by atoms with E-state index in [1.54, 1.807) is 0 Å². The summed E-state index contributed by atoms with van der Waals surface area (Å²) in [4.78, 5) is 1.38. The van der Waals surface area contributed by atoms with Crippen molar-refractivity contribution < 1.29 is 0 Å². The third-order valence-electron chi connectivity index (χ3n) is 3.38. The highest BCUT2D eigenvalue weighted by Crippen LogP contribution is 2.17. The van der Waals surface area contributed by atoms with Gasteiger partial charge in [-0.05, 0) is 55.8 Å². The normalized spacial score (nSPS) is 19.9. The molecule has 1 aromatic carbocycles. The lowest BCUT2D eigenvalue weighted by Gasteiger charge is -2.23. The molecule has 1 atom stereocenters. The van der Waals surface area contributed by atoms with Crippen LogP contribution in [0.25, 0.3) is 0 Å². The van der Waals surface area contributed by atoms with E-state index in [2.05, 4.69) is 41.8 Å². The number of hydrogen-bond donors (Lipinski definition) is 2. The summed E-state index contributed by atoms with van der Waals surface area (Å²) in [5, 5.41) is 7.08. The third-order valence-corrected chi connectivity index (χ3v) is 4.27. The fourth-order valence-corrected chi connectivity index (χ4v) is 3.03. The maximum Gasteiger partial charge on any atom is 0.0193 e. The lowest BCUT2D eigenvalue weighted by atomic mass is 10.1. The first-order valence-electron chi connectivity index (χ1n) is 7.04. The average Bonchev–Trinajstić information content (AvgIpc) is 2.42. The molecule has 0 aliphatic carbocycles. The Morgan fingerprint density at radius 1 is 1.33 bits per heavy atom. The monoisotopic (exact) mass is 264 g/mol. The van der Waals surface area contributed by atoms with Crippen LogP contribution in [-0.2, 0) is 6.42 Å². The molecule has 0 spiro atoms. The van der Waals surface area contributed by atoms with Gasteiger partial charge in [-0.2, -0.15) is 0 Å². The van der Waals surface area contributed by atoms with Crippen molar-refractivity contribution in [3.8, 4) is 0 Å². The molecule has 0 bridgehead atoms. The zero-order chi connectivity index (χ0) is 12.6. The van der Waals surface area contributed by atoms with E-state index < -0.39 is 0 Å². The maximum absolute atomic E-state index is 3.64. The molecule has 0 amide bonds. The molecule has 1 saturated heterocycles. The molecule has 2 nitrogen and oxygen atoms in total. The molecular formula is C15H24N2S. The number of hydrogen-bond acceptors (Lipinski definition) is 3. The molecule has 0 aromatic heterocycles. The molecule has 1 heterocycles. The van der Waals surface area contributed by atoms with Gasteiger partial charge < -0.3 is 10.6 Å². The molecule has 1 aromatic rings. The van der Waals surface area contributed by atoms with E-state index in [1.165, 1.54) is 29.8 Å². The van der Waals surface area contributed by atoms with Crippen LogP contribution in [0, 0.1) is 0 Å². The van der Waals surface area contributed by atoms with Crippen molar-refractivity contribution in [3.05, 3.63) is 29.8 Å². The van der Waals surface area contributed by atoms with Crippen molar-refractivity contribution in [1.82, 2.24) is 10.6 Å². The Morgan fingerprint density at radius 2 is 2.17 bits per heavy atom. The van der Waals surface area contributed by atoms with Gasteiger partial charge in [-0.1, -0.05) is 19.1 Å². The first-order chi connectivity index (χ1) is 8.88. The lowest BCUT2D eigenvalue weighted by Crippen LogP contribution is -2.43. The minimum absolute atomic E-state index is 0.675. The topological polar surface area (TPSA) is 24.1 Å². The first kappa shape index (κ1) is 13.9. The molecule has 1 unspecified atom stereocenters. The summed E-state index contributed by atoms with van der Waals surface area (Å²) in [6.45, 7) is 5.61. The van der Waals surface area contributed by atoms with Crippen molar-refractivity contribution in [1.29, 1.82) is 0 Å². The van der Waals surface area contributed by atoms with E-state index in [9.17, 15) is 0 Å². The maximum atomic E-state index is 3.64. The van der Waals surface area contributed by atoms with Crippen LogP contribution in [0.3, 0.4) is 0 Å². The summed E-state index contributed by atoms with van der Waals surface area (Å²) in [6, 6.07) is 9.68. The van der Waals surface area contributed by atoms with Crippen molar-refractivity contribution in [2.75, 3.05) is 25.4 Å². The SMILES string of the molecule is CCSc1ccc(CCNC2CCCNC2)cc1. The zero-order valence-corrected chi connectivity index (χ0v) is 12.1. The van der Waals surface area contributed by atoms with Crippen LogP contribution in [-0.4, -0.2) is 31.4 Å². The third kappa shape index (κ3) is 4.63. The van der Waals surface area contributed by atoms with Gasteiger partial charge in [0.15, 0.2) is 0 Å². The molecule has 1 fully saturated rings. The Bertz CT molecular complexity index is 331. The van der Waals surface area contributed by atoms with Crippen molar-refractivity contribution in [3.63, 3.8) is 0 Å². The van der Waals surface area contributed by atoms with Crippen LogP contribution in [0.5, 0.6) is 0 Å². The Kier molecular flexibility index (Phi) is 6.05. The molecule has 1 aliphatic rings. The van der Waals surface area contributed by atoms with E-state index in [1.807, 2.05) is 11.8 Å². The smallest absolute Gasteiger partial charge is 0.0193 e. The Balaban J connectivity index is 1.69. The van der Waals surface area contributed by atoms with Gasteiger partial charge >= 0.3 is 0 Å². The summed E-state index contributed by atoms with van der Waals surface area (Å²) in [7, 11) is 0. The van der Waals surface area contributed by atoms with Gasteiger partial charge in [-0.25, -0.2) is 0 Å². The predicted molar refractivity (Wildman–Crippen MR) is 80.4 cm³/mol. The second-order valence-corrected chi connectivity index (χ2v) is 6.16. The van der Waals surface area contributed by atoms with E-state index >= 15 is 0 Å². The van der Waals surface area contributed by atoms with Crippen molar-refractivity contribution in [2.45, 2.75) is 37.1 Å². The average molecular weight is 264 g/mol. The van der Waals surface area contributed by atoms with Gasteiger partial charge in [0.2, 0.25) is 0 Å². The molecule has 0 radical (unpaired) electrons. The van der Waals surface area contributed by atoms with Crippen molar-refractivity contribution >= 4 is 11.8 Å². The highest BCUT2D eigenvalue weighted by atomic mass is 32.2. The molecule has 100 valence electrons. The quantitative estimate of drug-likeness (QED) is 0.773. The molecule has 2 N–H and O–H groups in total. The summed E-state index contributed by atoms with van der Waals surface area (Å²) in [5.41, 5.74) is 1.44. The number of nitrogens with one attached hydrogen (secondary N) is 2. The summed E-state index contributed by atoms with van der Waals surface area (Å²) in [6.07, 6.45) is 3.76. The Labute approximate surface area is 115 Å². The van der Waals surface area contributed by atoms with Crippen LogP contribution in [0.15, 0.2) is 29.2 Å². The minimum atomic E-state index is 0.675. The minimum Gasteiger partial charge on any atom is -0.315 e. The van der Waals surface area contributed by atoms with E-state index in [4.69, 9.17) is 0 Å². The predicted octanol–water partition coefficient (Wildman–Crippen LogP) is 2.68. The second-order valence-electron chi connectivity index (χ2n) is 4.82. The first-order valence-corrected chi connectivity index (χ1v) is 8.03. The van der Waals surface area contributed by atoms with Gasteiger partial charge in [0.25, 0.3) is 0 Å². The summed E-state index contributed by atoms with van der Waals surface area (Å²) < 4.78 is 0. The molecule has 3 heteroatoms. The number of benzene rings is 1. The highest BCUT2D eigenvalue weighted by Gasteiger charge is 2.11.